The quantitative estimate of drug-likeness (QED) is 0.645. The van der Waals surface area contributed by atoms with Crippen molar-refractivity contribution in [1.29, 1.82) is 0 Å². The van der Waals surface area contributed by atoms with Crippen molar-refractivity contribution in [1.82, 2.24) is 9.88 Å². The van der Waals surface area contributed by atoms with Crippen molar-refractivity contribution in [2.75, 3.05) is 5.32 Å². The number of pyridine rings is 1. The molecule has 1 aliphatic heterocycles. The molecule has 1 saturated heterocycles. The molecule has 2 amide bonds. The highest BCUT2D eigenvalue weighted by Gasteiger charge is 2.29. The summed E-state index contributed by atoms with van der Waals surface area (Å²) in [5.74, 6) is -1.03. The molecule has 0 bridgehead atoms. The average molecular weight is 408 g/mol. The highest BCUT2D eigenvalue weighted by atomic mass is 35.5. The third kappa shape index (κ3) is 3.93. The first-order valence-corrected chi connectivity index (χ1v) is 9.58. The predicted octanol–water partition coefficient (Wildman–Crippen LogP) is 3.75. The van der Waals surface area contributed by atoms with Crippen LogP contribution in [0.25, 0.3) is 5.69 Å². The van der Waals surface area contributed by atoms with Gasteiger partial charge in [0, 0.05) is 30.1 Å². The molecule has 0 saturated carbocycles. The van der Waals surface area contributed by atoms with E-state index in [4.69, 9.17) is 11.6 Å². The molecule has 29 heavy (non-hydrogen) atoms. The van der Waals surface area contributed by atoms with Crippen LogP contribution >= 0.6 is 11.6 Å². The lowest BCUT2D eigenvalue weighted by molar-refractivity contribution is -0.134. The Kier molecular flexibility index (Phi) is 5.18. The summed E-state index contributed by atoms with van der Waals surface area (Å²) < 4.78 is 1.56. The SMILES string of the molecule is O=C1CCC(c2cccc(Nc3ccc(-n4ccccc4=O)cc3)c2Cl)C(=O)N1. The van der Waals surface area contributed by atoms with E-state index in [1.54, 1.807) is 29.0 Å². The highest BCUT2D eigenvalue weighted by molar-refractivity contribution is 6.34. The molecule has 1 atom stereocenters. The van der Waals surface area contributed by atoms with Crippen LogP contribution in [0.4, 0.5) is 11.4 Å². The van der Waals surface area contributed by atoms with Gasteiger partial charge in [0.05, 0.1) is 16.6 Å². The van der Waals surface area contributed by atoms with Crippen molar-refractivity contribution in [3.63, 3.8) is 0 Å². The number of rotatable bonds is 4. The van der Waals surface area contributed by atoms with Crippen LogP contribution in [0.2, 0.25) is 5.02 Å². The summed E-state index contributed by atoms with van der Waals surface area (Å²) in [5, 5.41) is 6.07. The first kappa shape index (κ1) is 19.0. The number of halogens is 1. The topological polar surface area (TPSA) is 80.2 Å². The minimum Gasteiger partial charge on any atom is -0.354 e. The number of aromatic nitrogens is 1. The second-order valence-corrected chi connectivity index (χ2v) is 7.17. The fraction of sp³-hybridized carbons (Fsp3) is 0.136. The first-order chi connectivity index (χ1) is 14.0. The van der Waals surface area contributed by atoms with Gasteiger partial charge in [0.25, 0.3) is 5.56 Å². The van der Waals surface area contributed by atoms with Crippen molar-refractivity contribution in [3.05, 3.63) is 87.8 Å². The van der Waals surface area contributed by atoms with E-state index in [0.29, 0.717) is 29.1 Å². The van der Waals surface area contributed by atoms with E-state index in [2.05, 4.69) is 10.6 Å². The molecule has 0 radical (unpaired) electrons. The van der Waals surface area contributed by atoms with Gasteiger partial charge in [0.1, 0.15) is 0 Å². The first-order valence-electron chi connectivity index (χ1n) is 9.20. The van der Waals surface area contributed by atoms with Crippen LogP contribution < -0.4 is 16.2 Å². The molecule has 1 unspecified atom stereocenters. The van der Waals surface area contributed by atoms with E-state index < -0.39 is 5.92 Å². The van der Waals surface area contributed by atoms with Gasteiger partial charge in [-0.3, -0.25) is 24.3 Å². The lowest BCUT2D eigenvalue weighted by atomic mass is 9.90. The molecular formula is C22H18ClN3O3. The molecule has 146 valence electrons. The standard InChI is InChI=1S/C22H18ClN3O3/c23-21-16(17-11-12-19(27)25-22(17)29)4-3-5-18(21)24-14-7-9-15(10-8-14)26-13-2-1-6-20(26)28/h1-10,13,17,24H,11-12H2,(H,25,27,29). The van der Waals surface area contributed by atoms with Crippen LogP contribution in [0.1, 0.15) is 24.3 Å². The maximum absolute atomic E-state index is 12.2. The van der Waals surface area contributed by atoms with Crippen molar-refractivity contribution in [2.45, 2.75) is 18.8 Å². The van der Waals surface area contributed by atoms with Crippen LogP contribution in [0.3, 0.4) is 0 Å². The lowest BCUT2D eigenvalue weighted by Gasteiger charge is -2.23. The largest absolute Gasteiger partial charge is 0.354 e. The third-order valence-corrected chi connectivity index (χ3v) is 5.31. The maximum Gasteiger partial charge on any atom is 0.255 e. The highest BCUT2D eigenvalue weighted by Crippen LogP contribution is 2.36. The minimum atomic E-state index is -0.450. The Hall–Kier alpha value is -3.38. The summed E-state index contributed by atoms with van der Waals surface area (Å²) in [6.07, 6.45) is 2.45. The molecule has 3 aromatic rings. The van der Waals surface area contributed by atoms with Gasteiger partial charge in [-0.2, -0.15) is 0 Å². The van der Waals surface area contributed by atoms with Gasteiger partial charge in [-0.05, 0) is 48.4 Å². The number of imide groups is 1. The molecule has 6 nitrogen and oxygen atoms in total. The van der Waals surface area contributed by atoms with Gasteiger partial charge < -0.3 is 5.32 Å². The molecule has 2 aromatic carbocycles. The van der Waals surface area contributed by atoms with Gasteiger partial charge in [0.2, 0.25) is 11.8 Å². The van der Waals surface area contributed by atoms with Crippen LogP contribution in [0.5, 0.6) is 0 Å². The van der Waals surface area contributed by atoms with Crippen LogP contribution in [0.15, 0.2) is 71.7 Å². The van der Waals surface area contributed by atoms with Gasteiger partial charge in [-0.15, -0.1) is 0 Å². The molecule has 7 heteroatoms. The van der Waals surface area contributed by atoms with Crippen molar-refractivity contribution in [2.24, 2.45) is 0 Å². The number of amides is 2. The summed E-state index contributed by atoms with van der Waals surface area (Å²) in [7, 11) is 0. The summed E-state index contributed by atoms with van der Waals surface area (Å²) in [5.41, 5.74) is 2.80. The third-order valence-electron chi connectivity index (χ3n) is 4.89. The van der Waals surface area contributed by atoms with E-state index in [0.717, 1.165) is 11.4 Å². The zero-order chi connectivity index (χ0) is 20.4. The van der Waals surface area contributed by atoms with Crippen LogP contribution in [-0.2, 0) is 9.59 Å². The second kappa shape index (κ2) is 7.93. The monoisotopic (exact) mass is 407 g/mol. The minimum absolute atomic E-state index is 0.104. The van der Waals surface area contributed by atoms with Crippen molar-refractivity contribution < 1.29 is 9.59 Å². The molecule has 1 aliphatic rings. The second-order valence-electron chi connectivity index (χ2n) is 6.79. The molecule has 0 aliphatic carbocycles. The summed E-state index contributed by atoms with van der Waals surface area (Å²) in [4.78, 5) is 35.5. The van der Waals surface area contributed by atoms with Gasteiger partial charge in [0.15, 0.2) is 0 Å². The molecular weight excluding hydrogens is 390 g/mol. The van der Waals surface area contributed by atoms with Gasteiger partial charge in [-0.25, -0.2) is 0 Å². The van der Waals surface area contributed by atoms with Crippen molar-refractivity contribution in [3.8, 4) is 5.69 Å². The van der Waals surface area contributed by atoms with Gasteiger partial charge >= 0.3 is 0 Å². The Morgan fingerprint density at radius 2 is 1.76 bits per heavy atom. The van der Waals surface area contributed by atoms with E-state index in [1.165, 1.54) is 6.07 Å². The zero-order valence-corrected chi connectivity index (χ0v) is 16.1. The molecule has 1 aromatic heterocycles. The Bertz CT molecular complexity index is 1140. The smallest absolute Gasteiger partial charge is 0.255 e. The summed E-state index contributed by atoms with van der Waals surface area (Å²) >= 11 is 6.57. The van der Waals surface area contributed by atoms with E-state index in [9.17, 15) is 14.4 Å². The van der Waals surface area contributed by atoms with E-state index in [1.807, 2.05) is 36.4 Å². The van der Waals surface area contributed by atoms with Crippen LogP contribution in [0, 0.1) is 0 Å². The summed E-state index contributed by atoms with van der Waals surface area (Å²) in [6, 6.07) is 17.8. The van der Waals surface area contributed by atoms with E-state index in [-0.39, 0.29) is 17.4 Å². The normalized spacial score (nSPS) is 16.4. The number of anilines is 2. The molecule has 1 fully saturated rings. The van der Waals surface area contributed by atoms with Gasteiger partial charge in [-0.1, -0.05) is 29.8 Å². The number of hydrogen-bond donors (Lipinski definition) is 2. The van der Waals surface area contributed by atoms with E-state index >= 15 is 0 Å². The average Bonchev–Trinajstić information content (AvgIpc) is 2.71. The Balaban J connectivity index is 1.57. The Morgan fingerprint density at radius 3 is 2.48 bits per heavy atom. The van der Waals surface area contributed by atoms with Crippen LogP contribution in [-0.4, -0.2) is 16.4 Å². The van der Waals surface area contributed by atoms with Crippen molar-refractivity contribution >= 4 is 34.8 Å². The number of nitrogens with one attached hydrogen (secondary N) is 2. The zero-order valence-electron chi connectivity index (χ0n) is 15.4. The Labute approximate surface area is 172 Å². The number of piperidine rings is 1. The lowest BCUT2D eigenvalue weighted by Crippen LogP contribution is -2.39. The fourth-order valence-electron chi connectivity index (χ4n) is 3.41. The number of nitrogens with zero attached hydrogens (tertiary/aromatic N) is 1. The summed E-state index contributed by atoms with van der Waals surface area (Å²) in [6.45, 7) is 0. The number of carbonyl (C=O) groups excluding carboxylic acids is 2. The molecule has 4 rings (SSSR count). The maximum atomic E-state index is 12.2. The molecule has 2 N–H and O–H groups in total. The predicted molar refractivity (Wildman–Crippen MR) is 112 cm³/mol. The fourth-order valence-corrected chi connectivity index (χ4v) is 3.71. The number of benzene rings is 2. The number of hydrogen-bond acceptors (Lipinski definition) is 4. The molecule has 2 heterocycles. The molecule has 0 spiro atoms. The Morgan fingerprint density at radius 1 is 0.966 bits per heavy atom. The number of carbonyl (C=O) groups is 2.